The maximum absolute atomic E-state index is 11.7. The normalized spacial score (nSPS) is 10.7. The van der Waals surface area contributed by atoms with Gasteiger partial charge in [-0.15, -0.1) is 0 Å². The highest BCUT2D eigenvalue weighted by molar-refractivity contribution is 5.79. The molecule has 0 fully saturated rings. The highest BCUT2D eigenvalue weighted by Gasteiger charge is 2.05. The minimum absolute atomic E-state index is 0.0480. The Kier molecular flexibility index (Phi) is 2.43. The molecule has 2 rings (SSSR count). The third-order valence-electron chi connectivity index (χ3n) is 2.40. The topological polar surface area (TPSA) is 68.2 Å². The van der Waals surface area contributed by atoms with Gasteiger partial charge in [-0.1, -0.05) is 18.2 Å². The number of nitrogen functional groups attached to an aromatic ring is 1. The van der Waals surface area contributed by atoms with Gasteiger partial charge >= 0.3 is 0 Å². The van der Waals surface area contributed by atoms with Crippen molar-refractivity contribution in [1.82, 2.24) is 4.68 Å². The Morgan fingerprint density at radius 1 is 1.33 bits per heavy atom. The Hall–Kier alpha value is -1.81. The van der Waals surface area contributed by atoms with E-state index in [-0.39, 0.29) is 12.2 Å². The standard InChI is InChI=1S/C11H12N2O2/c12-13-10-4-2-1-3-8(10)7-9(5-6-14)11(13)15/h1-4,7,14H,5-6,12H2. The molecule has 0 saturated heterocycles. The molecule has 1 aromatic heterocycles. The van der Waals surface area contributed by atoms with E-state index in [9.17, 15) is 4.79 Å². The molecule has 0 aliphatic rings. The summed E-state index contributed by atoms with van der Waals surface area (Å²) >= 11 is 0. The Morgan fingerprint density at radius 2 is 2.07 bits per heavy atom. The number of hydrogen-bond donors (Lipinski definition) is 2. The lowest BCUT2D eigenvalue weighted by atomic mass is 10.1. The lowest BCUT2D eigenvalue weighted by Gasteiger charge is -2.07. The van der Waals surface area contributed by atoms with E-state index in [4.69, 9.17) is 10.9 Å². The molecule has 1 heterocycles. The molecule has 4 nitrogen and oxygen atoms in total. The lowest BCUT2D eigenvalue weighted by molar-refractivity contribution is 0.299. The number of fused-ring (bicyclic) bond motifs is 1. The molecule has 2 aromatic rings. The van der Waals surface area contributed by atoms with Gasteiger partial charge in [-0.25, -0.2) is 4.68 Å². The minimum atomic E-state index is -0.247. The predicted octanol–water partition coefficient (Wildman–Crippen LogP) is 0.250. The average Bonchev–Trinajstić information content (AvgIpc) is 2.26. The number of aliphatic hydroxyl groups excluding tert-OH is 1. The van der Waals surface area contributed by atoms with Gasteiger partial charge in [0.15, 0.2) is 0 Å². The lowest BCUT2D eigenvalue weighted by Crippen LogP contribution is -2.30. The number of para-hydroxylation sites is 1. The van der Waals surface area contributed by atoms with Gasteiger partial charge in [0.1, 0.15) is 0 Å². The van der Waals surface area contributed by atoms with Crippen molar-refractivity contribution in [1.29, 1.82) is 0 Å². The van der Waals surface area contributed by atoms with E-state index in [2.05, 4.69) is 0 Å². The highest BCUT2D eigenvalue weighted by atomic mass is 16.3. The molecule has 0 bridgehead atoms. The fourth-order valence-electron chi connectivity index (χ4n) is 1.64. The molecule has 4 heteroatoms. The van der Waals surface area contributed by atoms with Crippen LogP contribution >= 0.6 is 0 Å². The summed E-state index contributed by atoms with van der Waals surface area (Å²) in [6.45, 7) is -0.0480. The van der Waals surface area contributed by atoms with Crippen molar-refractivity contribution < 1.29 is 5.11 Å². The predicted molar refractivity (Wildman–Crippen MR) is 59.1 cm³/mol. The fraction of sp³-hybridized carbons (Fsp3) is 0.182. The SMILES string of the molecule is Nn1c(=O)c(CCO)cc2ccccc21. The van der Waals surface area contributed by atoms with Gasteiger partial charge in [-0.05, 0) is 12.1 Å². The van der Waals surface area contributed by atoms with Crippen molar-refractivity contribution in [3.8, 4) is 0 Å². The molecular formula is C11H12N2O2. The molecule has 0 aliphatic heterocycles. The van der Waals surface area contributed by atoms with E-state index < -0.39 is 0 Å². The monoisotopic (exact) mass is 204 g/mol. The van der Waals surface area contributed by atoms with E-state index in [1.54, 1.807) is 12.1 Å². The maximum atomic E-state index is 11.7. The zero-order valence-electron chi connectivity index (χ0n) is 8.18. The average molecular weight is 204 g/mol. The van der Waals surface area contributed by atoms with Crippen LogP contribution in [0, 0.1) is 0 Å². The Balaban J connectivity index is 2.77. The van der Waals surface area contributed by atoms with Gasteiger partial charge in [0, 0.05) is 24.0 Å². The summed E-state index contributed by atoms with van der Waals surface area (Å²) in [6.07, 6.45) is 0.334. The quantitative estimate of drug-likeness (QED) is 0.689. The van der Waals surface area contributed by atoms with Crippen LogP contribution in [-0.4, -0.2) is 16.4 Å². The molecule has 0 amide bonds. The smallest absolute Gasteiger partial charge is 0.272 e. The fourth-order valence-corrected chi connectivity index (χ4v) is 1.64. The van der Waals surface area contributed by atoms with Crippen molar-refractivity contribution in [3.05, 3.63) is 46.2 Å². The molecule has 0 saturated carbocycles. The van der Waals surface area contributed by atoms with Crippen molar-refractivity contribution in [3.63, 3.8) is 0 Å². The second-order valence-electron chi connectivity index (χ2n) is 3.38. The van der Waals surface area contributed by atoms with Crippen LogP contribution in [0.4, 0.5) is 0 Å². The number of hydrogen-bond acceptors (Lipinski definition) is 3. The molecule has 0 spiro atoms. The summed E-state index contributed by atoms with van der Waals surface area (Å²) < 4.78 is 1.13. The van der Waals surface area contributed by atoms with Gasteiger partial charge < -0.3 is 10.9 Å². The number of nitrogens with zero attached hydrogens (tertiary/aromatic N) is 1. The zero-order valence-corrected chi connectivity index (χ0v) is 8.18. The summed E-state index contributed by atoms with van der Waals surface area (Å²) in [5.41, 5.74) is 0.991. The Morgan fingerprint density at radius 3 is 2.80 bits per heavy atom. The molecule has 1 aromatic carbocycles. The highest BCUT2D eigenvalue weighted by Crippen LogP contribution is 2.11. The number of nitrogens with two attached hydrogens (primary N) is 1. The van der Waals surface area contributed by atoms with Crippen LogP contribution in [0.25, 0.3) is 10.9 Å². The van der Waals surface area contributed by atoms with E-state index in [1.165, 1.54) is 0 Å². The number of pyridine rings is 1. The molecule has 0 unspecified atom stereocenters. The van der Waals surface area contributed by atoms with E-state index in [1.807, 2.05) is 18.2 Å². The molecule has 3 N–H and O–H groups in total. The number of rotatable bonds is 2. The third-order valence-corrected chi connectivity index (χ3v) is 2.40. The minimum Gasteiger partial charge on any atom is -0.396 e. The van der Waals surface area contributed by atoms with Crippen LogP contribution in [0.3, 0.4) is 0 Å². The van der Waals surface area contributed by atoms with Crippen molar-refractivity contribution in [2.24, 2.45) is 0 Å². The van der Waals surface area contributed by atoms with Crippen LogP contribution in [0.15, 0.2) is 35.1 Å². The summed E-state index contributed by atoms with van der Waals surface area (Å²) in [7, 11) is 0. The first-order valence-electron chi connectivity index (χ1n) is 4.73. The number of aliphatic hydroxyl groups is 1. The van der Waals surface area contributed by atoms with Gasteiger partial charge in [-0.2, -0.15) is 0 Å². The second-order valence-corrected chi connectivity index (χ2v) is 3.38. The van der Waals surface area contributed by atoms with Gasteiger partial charge in [0.25, 0.3) is 5.56 Å². The van der Waals surface area contributed by atoms with Gasteiger partial charge in [-0.3, -0.25) is 4.79 Å². The molecule has 0 atom stereocenters. The van der Waals surface area contributed by atoms with Crippen LogP contribution in [-0.2, 0) is 6.42 Å². The van der Waals surface area contributed by atoms with Crippen molar-refractivity contribution >= 4 is 10.9 Å². The molecular weight excluding hydrogens is 192 g/mol. The molecule has 78 valence electrons. The van der Waals surface area contributed by atoms with Crippen molar-refractivity contribution in [2.75, 3.05) is 12.4 Å². The van der Waals surface area contributed by atoms with E-state index in [0.717, 1.165) is 10.1 Å². The van der Waals surface area contributed by atoms with Crippen molar-refractivity contribution in [2.45, 2.75) is 6.42 Å². The molecule has 0 radical (unpaired) electrons. The van der Waals surface area contributed by atoms with Crippen LogP contribution in [0.5, 0.6) is 0 Å². The summed E-state index contributed by atoms with van der Waals surface area (Å²) in [5, 5.41) is 9.72. The van der Waals surface area contributed by atoms with Crippen LogP contribution in [0.2, 0.25) is 0 Å². The first-order valence-corrected chi connectivity index (χ1v) is 4.73. The van der Waals surface area contributed by atoms with Gasteiger partial charge in [0.05, 0.1) is 5.52 Å². The first-order chi connectivity index (χ1) is 7.24. The molecule has 15 heavy (non-hydrogen) atoms. The summed E-state index contributed by atoms with van der Waals surface area (Å²) in [4.78, 5) is 11.7. The van der Waals surface area contributed by atoms with Gasteiger partial charge in [0.2, 0.25) is 0 Å². The summed E-state index contributed by atoms with van der Waals surface area (Å²) in [5.74, 6) is 5.67. The first kappa shape index (κ1) is 9.73. The number of benzene rings is 1. The van der Waals surface area contributed by atoms with Crippen LogP contribution < -0.4 is 11.4 Å². The zero-order chi connectivity index (χ0) is 10.8. The van der Waals surface area contributed by atoms with E-state index in [0.29, 0.717) is 17.5 Å². The van der Waals surface area contributed by atoms with E-state index >= 15 is 0 Å². The van der Waals surface area contributed by atoms with Crippen LogP contribution in [0.1, 0.15) is 5.56 Å². The maximum Gasteiger partial charge on any atom is 0.272 e. The number of aromatic nitrogens is 1. The summed E-state index contributed by atoms with van der Waals surface area (Å²) in [6, 6.07) is 9.17. The second kappa shape index (κ2) is 3.74. The Labute approximate surface area is 86.5 Å². The largest absolute Gasteiger partial charge is 0.396 e. The third kappa shape index (κ3) is 1.59. The molecule has 0 aliphatic carbocycles. The Bertz CT molecular complexity index is 546.